The Morgan fingerprint density at radius 3 is 2.60 bits per heavy atom. The number of nitrogens with zero attached hydrogens (tertiary/aromatic N) is 2. The fraction of sp³-hybridized carbons (Fsp3) is 1.00. The fourth-order valence-electron chi connectivity index (χ4n) is 3.02. The third kappa shape index (κ3) is 3.44. The molecular formula is C12H27N3. The van der Waals surface area contributed by atoms with Crippen molar-refractivity contribution in [2.24, 2.45) is 17.6 Å². The van der Waals surface area contributed by atoms with Crippen LogP contribution in [-0.4, -0.2) is 56.6 Å². The monoisotopic (exact) mass is 213 g/mol. The molecule has 1 heterocycles. The van der Waals surface area contributed by atoms with E-state index in [1.54, 1.807) is 0 Å². The lowest BCUT2D eigenvalue weighted by Crippen LogP contribution is -2.48. The Hall–Kier alpha value is -0.120. The highest BCUT2D eigenvalue weighted by Crippen LogP contribution is 2.25. The molecule has 15 heavy (non-hydrogen) atoms. The van der Waals surface area contributed by atoms with Crippen molar-refractivity contribution in [3.8, 4) is 0 Å². The van der Waals surface area contributed by atoms with Gasteiger partial charge in [0.2, 0.25) is 0 Å². The second-order valence-corrected chi connectivity index (χ2v) is 5.33. The maximum atomic E-state index is 5.81. The summed E-state index contributed by atoms with van der Waals surface area (Å²) in [4.78, 5) is 4.81. The minimum atomic E-state index is 0.594. The van der Waals surface area contributed by atoms with E-state index in [-0.39, 0.29) is 0 Å². The smallest absolute Gasteiger partial charge is 0.0167 e. The van der Waals surface area contributed by atoms with Crippen LogP contribution in [0, 0.1) is 11.8 Å². The molecule has 0 bridgehead atoms. The first-order chi connectivity index (χ1) is 7.06. The molecule has 1 saturated heterocycles. The third-order valence-electron chi connectivity index (χ3n) is 3.69. The molecule has 1 fully saturated rings. The molecule has 0 amide bonds. The molecule has 0 aromatic heterocycles. The van der Waals surface area contributed by atoms with Crippen LogP contribution in [0.2, 0.25) is 0 Å². The summed E-state index contributed by atoms with van der Waals surface area (Å²) in [6.45, 7) is 5.56. The number of hydrogen-bond acceptors (Lipinski definition) is 3. The van der Waals surface area contributed by atoms with Gasteiger partial charge >= 0.3 is 0 Å². The molecule has 90 valence electrons. The Balaban J connectivity index is 2.62. The summed E-state index contributed by atoms with van der Waals surface area (Å²) in [5, 5.41) is 0. The summed E-state index contributed by atoms with van der Waals surface area (Å²) in [7, 11) is 6.60. The molecule has 3 nitrogen and oxygen atoms in total. The van der Waals surface area contributed by atoms with Gasteiger partial charge < -0.3 is 15.5 Å². The second-order valence-electron chi connectivity index (χ2n) is 5.33. The molecule has 0 aromatic rings. The van der Waals surface area contributed by atoms with Crippen molar-refractivity contribution >= 4 is 0 Å². The molecule has 1 rings (SSSR count). The first kappa shape index (κ1) is 12.9. The van der Waals surface area contributed by atoms with Crippen LogP contribution in [0.25, 0.3) is 0 Å². The van der Waals surface area contributed by atoms with Gasteiger partial charge in [-0.3, -0.25) is 0 Å². The molecule has 0 aliphatic carbocycles. The van der Waals surface area contributed by atoms with E-state index in [2.05, 4.69) is 37.9 Å². The quantitative estimate of drug-likeness (QED) is 0.751. The molecule has 1 aliphatic rings. The number of rotatable bonds is 4. The van der Waals surface area contributed by atoms with Crippen LogP contribution < -0.4 is 5.73 Å². The highest BCUT2D eigenvalue weighted by atomic mass is 15.1. The second kappa shape index (κ2) is 5.83. The number of nitrogens with two attached hydrogens (primary N) is 1. The molecule has 2 N–H and O–H groups in total. The average Bonchev–Trinajstić information content (AvgIpc) is 2.17. The molecule has 0 radical (unpaired) electrons. The van der Waals surface area contributed by atoms with Crippen LogP contribution >= 0.6 is 0 Å². The third-order valence-corrected chi connectivity index (χ3v) is 3.69. The lowest BCUT2D eigenvalue weighted by molar-refractivity contribution is 0.0900. The van der Waals surface area contributed by atoms with E-state index in [0.717, 1.165) is 12.5 Å². The molecule has 0 aromatic carbocycles. The van der Waals surface area contributed by atoms with Crippen molar-refractivity contribution in [1.82, 2.24) is 9.80 Å². The summed E-state index contributed by atoms with van der Waals surface area (Å²) in [6, 6.07) is 0.637. The van der Waals surface area contributed by atoms with Gasteiger partial charge in [0.05, 0.1) is 0 Å². The van der Waals surface area contributed by atoms with Crippen LogP contribution in [0.1, 0.15) is 19.8 Å². The van der Waals surface area contributed by atoms with Gasteiger partial charge in [0.25, 0.3) is 0 Å². The van der Waals surface area contributed by atoms with Crippen molar-refractivity contribution in [3.05, 3.63) is 0 Å². The summed E-state index contributed by atoms with van der Waals surface area (Å²) in [5.74, 6) is 1.38. The summed E-state index contributed by atoms with van der Waals surface area (Å²) >= 11 is 0. The molecule has 0 spiro atoms. The number of hydrogen-bond donors (Lipinski definition) is 1. The summed E-state index contributed by atoms with van der Waals surface area (Å²) < 4.78 is 0. The van der Waals surface area contributed by atoms with Crippen LogP contribution in [0.5, 0.6) is 0 Å². The Labute approximate surface area is 94.6 Å². The van der Waals surface area contributed by atoms with Crippen LogP contribution in [0.3, 0.4) is 0 Å². The zero-order chi connectivity index (χ0) is 11.4. The number of likely N-dealkylation sites (tertiary alicyclic amines) is 1. The minimum Gasteiger partial charge on any atom is -0.330 e. The van der Waals surface area contributed by atoms with Crippen molar-refractivity contribution < 1.29 is 0 Å². The van der Waals surface area contributed by atoms with E-state index in [9.17, 15) is 0 Å². The van der Waals surface area contributed by atoms with Crippen molar-refractivity contribution in [3.63, 3.8) is 0 Å². The first-order valence-corrected chi connectivity index (χ1v) is 6.11. The zero-order valence-electron chi connectivity index (χ0n) is 10.7. The molecule has 3 atom stereocenters. The molecule has 3 unspecified atom stereocenters. The van der Waals surface area contributed by atoms with Crippen molar-refractivity contribution in [2.75, 3.05) is 40.8 Å². The van der Waals surface area contributed by atoms with Gasteiger partial charge in [-0.1, -0.05) is 6.92 Å². The van der Waals surface area contributed by atoms with Gasteiger partial charge in [-0.05, 0) is 58.9 Å². The fourth-order valence-corrected chi connectivity index (χ4v) is 3.02. The van der Waals surface area contributed by atoms with Gasteiger partial charge in [-0.15, -0.1) is 0 Å². The first-order valence-electron chi connectivity index (χ1n) is 6.11. The van der Waals surface area contributed by atoms with Crippen LogP contribution in [-0.2, 0) is 0 Å². The highest BCUT2D eigenvalue weighted by molar-refractivity contribution is 4.85. The van der Waals surface area contributed by atoms with Gasteiger partial charge in [-0.25, -0.2) is 0 Å². The Bertz CT molecular complexity index is 182. The van der Waals surface area contributed by atoms with Gasteiger partial charge in [-0.2, -0.15) is 0 Å². The standard InChI is InChI=1S/C12H27N3/c1-10(8-13)12(14(2)3)11-6-5-7-15(4)9-11/h10-12H,5-9,13H2,1-4H3. The van der Waals surface area contributed by atoms with E-state index in [1.165, 1.54) is 25.9 Å². The highest BCUT2D eigenvalue weighted by Gasteiger charge is 2.30. The van der Waals surface area contributed by atoms with Crippen molar-refractivity contribution in [2.45, 2.75) is 25.8 Å². The molecule has 1 aliphatic heterocycles. The van der Waals surface area contributed by atoms with Gasteiger partial charge in [0.1, 0.15) is 0 Å². The number of piperidine rings is 1. The van der Waals surface area contributed by atoms with E-state index in [4.69, 9.17) is 5.73 Å². The minimum absolute atomic E-state index is 0.594. The molecule has 3 heteroatoms. The SMILES string of the molecule is CC(CN)C(C1CCCN(C)C1)N(C)C. The maximum absolute atomic E-state index is 5.81. The average molecular weight is 213 g/mol. The largest absolute Gasteiger partial charge is 0.330 e. The predicted octanol–water partition coefficient (Wildman–Crippen LogP) is 0.853. The topological polar surface area (TPSA) is 32.5 Å². The van der Waals surface area contributed by atoms with E-state index < -0.39 is 0 Å². The van der Waals surface area contributed by atoms with Crippen LogP contribution in [0.4, 0.5) is 0 Å². The van der Waals surface area contributed by atoms with Gasteiger partial charge in [0, 0.05) is 12.6 Å². The summed E-state index contributed by atoms with van der Waals surface area (Å²) in [5.41, 5.74) is 5.81. The van der Waals surface area contributed by atoms with Gasteiger partial charge in [0.15, 0.2) is 0 Å². The normalized spacial score (nSPS) is 28.0. The Morgan fingerprint density at radius 2 is 2.13 bits per heavy atom. The maximum Gasteiger partial charge on any atom is 0.0167 e. The Morgan fingerprint density at radius 1 is 1.47 bits per heavy atom. The van der Waals surface area contributed by atoms with Crippen molar-refractivity contribution in [1.29, 1.82) is 0 Å². The predicted molar refractivity (Wildman–Crippen MR) is 65.9 cm³/mol. The molecular weight excluding hydrogens is 186 g/mol. The van der Waals surface area contributed by atoms with E-state index in [1.807, 2.05) is 0 Å². The summed E-state index contributed by atoms with van der Waals surface area (Å²) in [6.07, 6.45) is 2.69. The van der Waals surface area contributed by atoms with Crippen LogP contribution in [0.15, 0.2) is 0 Å². The van der Waals surface area contributed by atoms with E-state index >= 15 is 0 Å². The zero-order valence-corrected chi connectivity index (χ0v) is 10.7. The lowest BCUT2D eigenvalue weighted by atomic mass is 9.83. The van der Waals surface area contributed by atoms with E-state index in [0.29, 0.717) is 12.0 Å². The lowest BCUT2D eigenvalue weighted by Gasteiger charge is -2.41. The Kier molecular flexibility index (Phi) is 5.03. The molecule has 0 saturated carbocycles.